The van der Waals surface area contributed by atoms with E-state index in [0.717, 1.165) is 6.42 Å². The van der Waals surface area contributed by atoms with Gasteiger partial charge in [0, 0.05) is 0 Å². The van der Waals surface area contributed by atoms with E-state index in [-0.39, 0.29) is 11.8 Å². The van der Waals surface area contributed by atoms with Crippen molar-refractivity contribution in [1.29, 1.82) is 0 Å². The third-order valence-corrected chi connectivity index (χ3v) is 4.35. The number of hydrogen-bond donors (Lipinski definition) is 2. The van der Waals surface area contributed by atoms with Crippen molar-refractivity contribution in [2.75, 3.05) is 5.32 Å². The number of amides is 2. The minimum absolute atomic E-state index is 0.0890. The Morgan fingerprint density at radius 2 is 1.80 bits per heavy atom. The number of carbonyl (C=O) groups excluding carboxylic acids is 2. The number of hydrogen-bond acceptors (Lipinski definition) is 2. The average molecular weight is 272 g/mol. The second-order valence-electron chi connectivity index (χ2n) is 5.80. The fourth-order valence-corrected chi connectivity index (χ4v) is 3.23. The van der Waals surface area contributed by atoms with Crippen LogP contribution >= 0.6 is 0 Å². The quantitative estimate of drug-likeness (QED) is 0.869. The summed E-state index contributed by atoms with van der Waals surface area (Å²) in [5.74, 6) is 0.314. The zero-order chi connectivity index (χ0) is 13.9. The molecule has 1 fully saturated rings. The first-order chi connectivity index (χ1) is 9.74. The van der Waals surface area contributed by atoms with E-state index >= 15 is 0 Å². The van der Waals surface area contributed by atoms with Gasteiger partial charge in [-0.1, -0.05) is 44.2 Å². The first-order valence-corrected chi connectivity index (χ1v) is 7.45. The number of anilines is 1. The van der Waals surface area contributed by atoms with Crippen molar-refractivity contribution in [3.05, 3.63) is 29.8 Å². The normalized spacial score (nSPS) is 23.5. The molecule has 20 heavy (non-hydrogen) atoms. The Morgan fingerprint density at radius 3 is 2.60 bits per heavy atom. The molecule has 1 aromatic rings. The van der Waals surface area contributed by atoms with E-state index in [4.69, 9.17) is 0 Å². The summed E-state index contributed by atoms with van der Waals surface area (Å²) in [7, 11) is 0. The highest BCUT2D eigenvalue weighted by Crippen LogP contribution is 2.28. The Labute approximate surface area is 118 Å². The van der Waals surface area contributed by atoms with Crippen LogP contribution in [0.25, 0.3) is 0 Å². The second kappa shape index (κ2) is 5.65. The van der Waals surface area contributed by atoms with Crippen LogP contribution in [0.1, 0.15) is 48.9 Å². The van der Waals surface area contributed by atoms with E-state index in [1.54, 1.807) is 12.1 Å². The molecule has 0 saturated heterocycles. The molecule has 2 aliphatic rings. The molecule has 1 atom stereocenters. The van der Waals surface area contributed by atoms with Gasteiger partial charge in [0.1, 0.15) is 6.04 Å². The maximum absolute atomic E-state index is 12.3. The van der Waals surface area contributed by atoms with E-state index in [0.29, 0.717) is 17.2 Å². The van der Waals surface area contributed by atoms with Gasteiger partial charge >= 0.3 is 0 Å². The summed E-state index contributed by atoms with van der Waals surface area (Å²) in [6.07, 6.45) is 6.89. The van der Waals surface area contributed by atoms with Crippen LogP contribution < -0.4 is 10.6 Å². The van der Waals surface area contributed by atoms with Gasteiger partial charge < -0.3 is 10.6 Å². The van der Waals surface area contributed by atoms with Gasteiger partial charge in [0.2, 0.25) is 5.91 Å². The van der Waals surface area contributed by atoms with Crippen molar-refractivity contribution < 1.29 is 9.59 Å². The topological polar surface area (TPSA) is 58.2 Å². The SMILES string of the molecule is O=C1N[C@H](CC2CCCCC2)C(=O)Nc2ccccc21. The Hall–Kier alpha value is -1.84. The number of para-hydroxylation sites is 1. The summed E-state index contributed by atoms with van der Waals surface area (Å²) < 4.78 is 0. The largest absolute Gasteiger partial charge is 0.340 e. The first kappa shape index (κ1) is 13.2. The summed E-state index contributed by atoms with van der Waals surface area (Å²) in [6.45, 7) is 0. The molecule has 1 aliphatic carbocycles. The summed E-state index contributed by atoms with van der Waals surface area (Å²) in [4.78, 5) is 24.5. The maximum Gasteiger partial charge on any atom is 0.254 e. The fourth-order valence-electron chi connectivity index (χ4n) is 3.23. The summed E-state index contributed by atoms with van der Waals surface area (Å²) in [5.41, 5.74) is 1.16. The minimum Gasteiger partial charge on any atom is -0.340 e. The predicted octanol–water partition coefficient (Wildman–Crippen LogP) is 2.71. The molecule has 1 aliphatic heterocycles. The van der Waals surface area contributed by atoms with Gasteiger partial charge in [-0.3, -0.25) is 9.59 Å². The van der Waals surface area contributed by atoms with Crippen LogP contribution in [-0.2, 0) is 4.79 Å². The van der Waals surface area contributed by atoms with Gasteiger partial charge in [0.05, 0.1) is 11.3 Å². The van der Waals surface area contributed by atoms with E-state index < -0.39 is 6.04 Å². The van der Waals surface area contributed by atoms with Crippen molar-refractivity contribution in [3.63, 3.8) is 0 Å². The number of nitrogens with one attached hydrogen (secondary N) is 2. The molecule has 1 heterocycles. The number of rotatable bonds is 2. The van der Waals surface area contributed by atoms with E-state index in [9.17, 15) is 9.59 Å². The van der Waals surface area contributed by atoms with Crippen LogP contribution in [0.4, 0.5) is 5.69 Å². The summed E-state index contributed by atoms with van der Waals surface area (Å²) >= 11 is 0. The van der Waals surface area contributed by atoms with Crippen molar-refractivity contribution >= 4 is 17.5 Å². The lowest BCUT2D eigenvalue weighted by Gasteiger charge is -2.25. The molecule has 0 bridgehead atoms. The van der Waals surface area contributed by atoms with Crippen molar-refractivity contribution in [2.24, 2.45) is 5.92 Å². The lowest BCUT2D eigenvalue weighted by atomic mass is 9.84. The maximum atomic E-state index is 12.3. The van der Waals surface area contributed by atoms with E-state index in [1.165, 1.54) is 32.1 Å². The summed E-state index contributed by atoms with van der Waals surface area (Å²) in [5, 5.41) is 5.75. The monoisotopic (exact) mass is 272 g/mol. The van der Waals surface area contributed by atoms with Crippen LogP contribution in [0.5, 0.6) is 0 Å². The van der Waals surface area contributed by atoms with Gasteiger partial charge in [-0.05, 0) is 24.5 Å². The van der Waals surface area contributed by atoms with Crippen molar-refractivity contribution in [3.8, 4) is 0 Å². The third kappa shape index (κ3) is 2.69. The average Bonchev–Trinajstić information content (AvgIpc) is 2.58. The Morgan fingerprint density at radius 1 is 1.05 bits per heavy atom. The molecule has 1 saturated carbocycles. The highest BCUT2D eigenvalue weighted by Gasteiger charge is 2.30. The fraction of sp³-hybridized carbons (Fsp3) is 0.500. The third-order valence-electron chi connectivity index (χ3n) is 4.35. The molecule has 0 aromatic heterocycles. The molecule has 106 valence electrons. The van der Waals surface area contributed by atoms with E-state index in [2.05, 4.69) is 10.6 Å². The number of benzene rings is 1. The van der Waals surface area contributed by atoms with Gasteiger partial charge in [0.15, 0.2) is 0 Å². The van der Waals surface area contributed by atoms with Crippen molar-refractivity contribution in [2.45, 2.75) is 44.6 Å². The van der Waals surface area contributed by atoms with Gasteiger partial charge in [-0.25, -0.2) is 0 Å². The molecule has 0 unspecified atom stereocenters. The number of carbonyl (C=O) groups is 2. The van der Waals surface area contributed by atoms with Gasteiger partial charge in [-0.15, -0.1) is 0 Å². The molecular weight excluding hydrogens is 252 g/mol. The van der Waals surface area contributed by atoms with Gasteiger partial charge in [-0.2, -0.15) is 0 Å². The van der Waals surface area contributed by atoms with Gasteiger partial charge in [0.25, 0.3) is 5.91 Å². The Balaban J connectivity index is 1.75. The Bertz CT molecular complexity index is 521. The highest BCUT2D eigenvalue weighted by molar-refractivity contribution is 6.09. The molecule has 0 spiro atoms. The molecule has 0 radical (unpaired) electrons. The highest BCUT2D eigenvalue weighted by atomic mass is 16.2. The lowest BCUT2D eigenvalue weighted by Crippen LogP contribution is -2.42. The zero-order valence-electron chi connectivity index (χ0n) is 11.5. The first-order valence-electron chi connectivity index (χ1n) is 7.45. The molecule has 2 amide bonds. The molecule has 2 N–H and O–H groups in total. The van der Waals surface area contributed by atoms with Crippen LogP contribution in [0, 0.1) is 5.92 Å². The van der Waals surface area contributed by atoms with Crippen LogP contribution in [-0.4, -0.2) is 17.9 Å². The van der Waals surface area contributed by atoms with Crippen LogP contribution in [0.15, 0.2) is 24.3 Å². The lowest BCUT2D eigenvalue weighted by molar-refractivity contribution is -0.118. The predicted molar refractivity (Wildman–Crippen MR) is 77.5 cm³/mol. The molecule has 4 nitrogen and oxygen atoms in total. The minimum atomic E-state index is -0.405. The van der Waals surface area contributed by atoms with Crippen LogP contribution in [0.3, 0.4) is 0 Å². The standard InChI is InChI=1S/C16H20N2O2/c19-15-12-8-4-5-9-13(12)17-16(20)14(18-15)10-11-6-2-1-3-7-11/h4-5,8-9,11,14H,1-3,6-7,10H2,(H,17,20)(H,18,19)/t14-/m1/s1. The Kier molecular flexibility index (Phi) is 3.72. The second-order valence-corrected chi connectivity index (χ2v) is 5.80. The molecule has 3 rings (SSSR count). The zero-order valence-corrected chi connectivity index (χ0v) is 11.5. The molecule has 4 heteroatoms. The van der Waals surface area contributed by atoms with E-state index in [1.807, 2.05) is 12.1 Å². The number of fused-ring (bicyclic) bond motifs is 1. The molecule has 1 aromatic carbocycles. The van der Waals surface area contributed by atoms with Crippen LogP contribution in [0.2, 0.25) is 0 Å². The smallest absolute Gasteiger partial charge is 0.254 e. The summed E-state index contributed by atoms with van der Waals surface area (Å²) in [6, 6.07) is 6.75. The molecular formula is C16H20N2O2. The van der Waals surface area contributed by atoms with Crippen molar-refractivity contribution in [1.82, 2.24) is 5.32 Å².